The number of benzene rings is 2. The van der Waals surface area contributed by atoms with E-state index in [1.807, 2.05) is 55.5 Å². The van der Waals surface area contributed by atoms with Crippen LogP contribution in [0.25, 0.3) is 10.2 Å². The maximum Gasteiger partial charge on any atom is 0.267 e. The van der Waals surface area contributed by atoms with E-state index in [0.29, 0.717) is 28.0 Å². The molecule has 0 radical (unpaired) electrons. The molecule has 2 aromatic carbocycles. The third-order valence-corrected chi connectivity index (χ3v) is 5.75. The molecular weight excluding hydrogens is 406 g/mol. The lowest BCUT2D eigenvalue weighted by atomic mass is 10.2. The van der Waals surface area contributed by atoms with Crippen molar-refractivity contribution in [3.8, 4) is 5.75 Å². The number of aryl methyl sites for hydroxylation is 1. The van der Waals surface area contributed by atoms with E-state index in [-0.39, 0.29) is 12.5 Å². The highest BCUT2D eigenvalue weighted by molar-refractivity contribution is 7.22. The van der Waals surface area contributed by atoms with Gasteiger partial charge in [-0.15, -0.1) is 0 Å². The first-order chi connectivity index (χ1) is 14.1. The van der Waals surface area contributed by atoms with Crippen molar-refractivity contribution in [2.45, 2.75) is 13.5 Å². The normalized spacial score (nSPS) is 10.8. The quantitative estimate of drug-likeness (QED) is 0.424. The van der Waals surface area contributed by atoms with Crippen molar-refractivity contribution in [3.05, 3.63) is 83.1 Å². The molecule has 0 N–H and O–H groups in total. The van der Waals surface area contributed by atoms with E-state index in [1.165, 1.54) is 11.3 Å². The van der Waals surface area contributed by atoms with Crippen LogP contribution in [-0.4, -0.2) is 22.5 Å². The summed E-state index contributed by atoms with van der Waals surface area (Å²) in [5.41, 5.74) is 2.57. The molecule has 4 rings (SSSR count). The molecular formula is C22H18ClN3O2S. The van der Waals surface area contributed by atoms with E-state index in [1.54, 1.807) is 23.4 Å². The Hall–Kier alpha value is -2.96. The molecule has 0 unspecified atom stereocenters. The van der Waals surface area contributed by atoms with Gasteiger partial charge in [0.25, 0.3) is 5.91 Å². The Kier molecular flexibility index (Phi) is 5.74. The van der Waals surface area contributed by atoms with Crippen LogP contribution in [0, 0.1) is 6.92 Å². The van der Waals surface area contributed by atoms with Gasteiger partial charge in [0.1, 0.15) is 11.3 Å². The van der Waals surface area contributed by atoms with Gasteiger partial charge in [0.2, 0.25) is 0 Å². The number of nitrogens with zero attached hydrogens (tertiary/aromatic N) is 3. The summed E-state index contributed by atoms with van der Waals surface area (Å²) in [7, 11) is 0. The monoisotopic (exact) mass is 423 g/mol. The first-order valence-corrected chi connectivity index (χ1v) is 10.2. The molecule has 4 aromatic rings. The van der Waals surface area contributed by atoms with E-state index in [2.05, 4.69) is 9.97 Å². The molecule has 0 saturated heterocycles. The fourth-order valence-electron chi connectivity index (χ4n) is 2.89. The number of halogens is 1. The van der Waals surface area contributed by atoms with Gasteiger partial charge in [-0.2, -0.15) is 0 Å². The third-order valence-electron chi connectivity index (χ3n) is 4.40. The molecule has 0 aliphatic carbocycles. The minimum absolute atomic E-state index is 0.0885. The Bertz CT molecular complexity index is 1150. The van der Waals surface area contributed by atoms with E-state index in [0.717, 1.165) is 15.8 Å². The first kappa shape index (κ1) is 19.4. The van der Waals surface area contributed by atoms with Crippen LogP contribution in [-0.2, 0) is 11.3 Å². The number of ether oxygens (including phenoxy) is 1. The van der Waals surface area contributed by atoms with Gasteiger partial charge in [0, 0.05) is 12.4 Å². The maximum absolute atomic E-state index is 13.1. The Balaban J connectivity index is 1.63. The Morgan fingerprint density at radius 1 is 1.14 bits per heavy atom. The lowest BCUT2D eigenvalue weighted by Gasteiger charge is -2.20. The van der Waals surface area contributed by atoms with Crippen LogP contribution < -0.4 is 9.64 Å². The Morgan fingerprint density at radius 2 is 2.00 bits per heavy atom. The fraction of sp³-hybridized carbons (Fsp3) is 0.136. The maximum atomic E-state index is 13.1. The topological polar surface area (TPSA) is 55.3 Å². The standard InChI is InChI=1S/C22H18ClN3O2S/c1-15-6-2-3-9-18(15)28-14-20(27)26(13-16-7-5-11-24-12-16)22-25-21-17(23)8-4-10-19(21)29-22/h2-12H,13-14H2,1H3. The van der Waals surface area contributed by atoms with Gasteiger partial charge >= 0.3 is 0 Å². The molecule has 7 heteroatoms. The van der Waals surface area contributed by atoms with Crippen molar-refractivity contribution < 1.29 is 9.53 Å². The minimum atomic E-state index is -0.188. The number of para-hydroxylation sites is 2. The summed E-state index contributed by atoms with van der Waals surface area (Å²) in [6.07, 6.45) is 3.44. The highest BCUT2D eigenvalue weighted by atomic mass is 35.5. The number of carbonyl (C=O) groups is 1. The van der Waals surface area contributed by atoms with Gasteiger partial charge in [-0.1, -0.05) is 53.3 Å². The van der Waals surface area contributed by atoms with E-state index in [4.69, 9.17) is 16.3 Å². The number of thiazole rings is 1. The zero-order chi connectivity index (χ0) is 20.2. The van der Waals surface area contributed by atoms with Gasteiger partial charge in [-0.3, -0.25) is 14.7 Å². The molecule has 5 nitrogen and oxygen atoms in total. The van der Waals surface area contributed by atoms with Gasteiger partial charge in [0.05, 0.1) is 16.3 Å². The average molecular weight is 424 g/mol. The molecule has 29 heavy (non-hydrogen) atoms. The summed E-state index contributed by atoms with van der Waals surface area (Å²) < 4.78 is 6.71. The van der Waals surface area contributed by atoms with Crippen LogP contribution in [0.2, 0.25) is 5.02 Å². The lowest BCUT2D eigenvalue weighted by Crippen LogP contribution is -2.34. The SMILES string of the molecule is Cc1ccccc1OCC(=O)N(Cc1cccnc1)c1nc2c(Cl)cccc2s1. The van der Waals surface area contributed by atoms with Crippen LogP contribution in [0.3, 0.4) is 0 Å². The van der Waals surface area contributed by atoms with Crippen molar-refractivity contribution >= 4 is 44.2 Å². The summed E-state index contributed by atoms with van der Waals surface area (Å²) in [6, 6.07) is 17.0. The molecule has 0 aliphatic heterocycles. The summed E-state index contributed by atoms with van der Waals surface area (Å²) in [6.45, 7) is 2.21. The van der Waals surface area contributed by atoms with Gasteiger partial charge in [-0.05, 0) is 42.3 Å². The summed E-state index contributed by atoms with van der Waals surface area (Å²) in [5.74, 6) is 0.502. The first-order valence-electron chi connectivity index (χ1n) is 9.04. The van der Waals surface area contributed by atoms with Crippen LogP contribution in [0.15, 0.2) is 67.0 Å². The number of rotatable bonds is 6. The van der Waals surface area contributed by atoms with E-state index >= 15 is 0 Å². The minimum Gasteiger partial charge on any atom is -0.483 e. The lowest BCUT2D eigenvalue weighted by molar-refractivity contribution is -0.120. The molecule has 0 aliphatic rings. The van der Waals surface area contributed by atoms with E-state index < -0.39 is 0 Å². The summed E-state index contributed by atoms with van der Waals surface area (Å²) in [5, 5.41) is 1.14. The van der Waals surface area contributed by atoms with Crippen molar-refractivity contribution in [2.24, 2.45) is 0 Å². The average Bonchev–Trinajstić information content (AvgIpc) is 3.17. The predicted octanol–water partition coefficient (Wildman–Crippen LogP) is 5.27. The Morgan fingerprint density at radius 3 is 2.76 bits per heavy atom. The van der Waals surface area contributed by atoms with Gasteiger partial charge < -0.3 is 4.74 Å². The molecule has 2 aromatic heterocycles. The largest absolute Gasteiger partial charge is 0.483 e. The second-order valence-electron chi connectivity index (χ2n) is 6.48. The highest BCUT2D eigenvalue weighted by Crippen LogP contribution is 2.33. The van der Waals surface area contributed by atoms with Crippen molar-refractivity contribution in [1.82, 2.24) is 9.97 Å². The van der Waals surface area contributed by atoms with Crippen LogP contribution in [0.1, 0.15) is 11.1 Å². The molecule has 146 valence electrons. The van der Waals surface area contributed by atoms with Crippen LogP contribution >= 0.6 is 22.9 Å². The number of pyridine rings is 1. The van der Waals surface area contributed by atoms with E-state index in [9.17, 15) is 4.79 Å². The second kappa shape index (κ2) is 8.59. The predicted molar refractivity (Wildman–Crippen MR) is 117 cm³/mol. The fourth-order valence-corrected chi connectivity index (χ4v) is 4.17. The Labute approximate surface area is 177 Å². The van der Waals surface area contributed by atoms with Crippen molar-refractivity contribution in [3.63, 3.8) is 0 Å². The smallest absolute Gasteiger partial charge is 0.267 e. The van der Waals surface area contributed by atoms with Crippen LogP contribution in [0.5, 0.6) is 5.75 Å². The molecule has 0 spiro atoms. The second-order valence-corrected chi connectivity index (χ2v) is 7.89. The number of hydrogen-bond acceptors (Lipinski definition) is 5. The van der Waals surface area contributed by atoms with Gasteiger partial charge in [0.15, 0.2) is 11.7 Å². The number of amides is 1. The third kappa shape index (κ3) is 4.39. The number of hydrogen-bond donors (Lipinski definition) is 0. The molecule has 0 atom stereocenters. The molecule has 0 fully saturated rings. The number of carbonyl (C=O) groups excluding carboxylic acids is 1. The van der Waals surface area contributed by atoms with Crippen LogP contribution in [0.4, 0.5) is 5.13 Å². The zero-order valence-corrected chi connectivity index (χ0v) is 17.3. The van der Waals surface area contributed by atoms with Crippen molar-refractivity contribution in [1.29, 1.82) is 0 Å². The summed E-state index contributed by atoms with van der Waals surface area (Å²) >= 11 is 7.70. The summed E-state index contributed by atoms with van der Waals surface area (Å²) in [4.78, 5) is 23.5. The molecule has 2 heterocycles. The number of anilines is 1. The van der Waals surface area contributed by atoms with Crippen molar-refractivity contribution in [2.75, 3.05) is 11.5 Å². The number of fused-ring (bicyclic) bond motifs is 1. The highest BCUT2D eigenvalue weighted by Gasteiger charge is 2.22. The molecule has 0 saturated carbocycles. The molecule has 0 bridgehead atoms. The number of aromatic nitrogens is 2. The zero-order valence-electron chi connectivity index (χ0n) is 15.7. The van der Waals surface area contributed by atoms with Gasteiger partial charge in [-0.25, -0.2) is 4.98 Å². The molecule has 1 amide bonds.